The minimum Gasteiger partial charge on any atom is -0.364 e. The minimum atomic E-state index is -0.417. The lowest BCUT2D eigenvalue weighted by Crippen LogP contribution is -2.76. The fraction of sp³-hybridized carbons (Fsp3) is 0.833. The maximum atomic E-state index is 10.7. The van der Waals surface area contributed by atoms with Gasteiger partial charge in [-0.1, -0.05) is 0 Å². The van der Waals surface area contributed by atoms with Crippen molar-refractivity contribution in [2.24, 2.45) is 5.73 Å². The van der Waals surface area contributed by atoms with Crippen molar-refractivity contribution >= 4 is 5.91 Å². The van der Waals surface area contributed by atoms with Crippen LogP contribution in [0.1, 0.15) is 25.7 Å². The second kappa shape index (κ2) is 1.99. The first kappa shape index (κ1) is 6.55. The van der Waals surface area contributed by atoms with Gasteiger partial charge in [0.15, 0.2) is 5.54 Å². The summed E-state index contributed by atoms with van der Waals surface area (Å²) in [5, 5.41) is 0. The fourth-order valence-corrected chi connectivity index (χ4v) is 1.30. The average molecular weight is 129 g/mol. The molecule has 5 N–H and O–H groups in total. The SMILES string of the molecule is NC(=O)C1([NH3+])CCCC1. The lowest BCUT2D eigenvalue weighted by atomic mass is 9.99. The van der Waals surface area contributed by atoms with Crippen molar-refractivity contribution in [3.8, 4) is 0 Å². The van der Waals surface area contributed by atoms with Crippen molar-refractivity contribution in [3.63, 3.8) is 0 Å². The van der Waals surface area contributed by atoms with E-state index in [1.165, 1.54) is 0 Å². The average Bonchev–Trinajstić information content (AvgIpc) is 2.16. The van der Waals surface area contributed by atoms with Gasteiger partial charge in [-0.05, 0) is 12.8 Å². The van der Waals surface area contributed by atoms with Crippen LogP contribution < -0.4 is 11.5 Å². The normalized spacial score (nSPS) is 24.1. The molecule has 1 saturated carbocycles. The van der Waals surface area contributed by atoms with Gasteiger partial charge < -0.3 is 11.5 Å². The second-order valence-electron chi connectivity index (χ2n) is 2.85. The van der Waals surface area contributed by atoms with Crippen LogP contribution in [0.3, 0.4) is 0 Å². The third-order valence-corrected chi connectivity index (χ3v) is 2.08. The zero-order valence-corrected chi connectivity index (χ0v) is 5.52. The quantitative estimate of drug-likeness (QED) is 0.469. The zero-order valence-electron chi connectivity index (χ0n) is 5.52. The van der Waals surface area contributed by atoms with Gasteiger partial charge in [-0.15, -0.1) is 0 Å². The smallest absolute Gasteiger partial charge is 0.278 e. The molecule has 0 aromatic heterocycles. The number of carbonyl (C=O) groups excluding carboxylic acids is 1. The number of hydrogen-bond donors (Lipinski definition) is 2. The summed E-state index contributed by atoms with van der Waals surface area (Å²) in [4.78, 5) is 10.7. The van der Waals surface area contributed by atoms with Gasteiger partial charge in [0.1, 0.15) is 0 Å². The van der Waals surface area contributed by atoms with Crippen molar-refractivity contribution < 1.29 is 10.5 Å². The third kappa shape index (κ3) is 1.05. The van der Waals surface area contributed by atoms with Crippen molar-refractivity contribution in [1.29, 1.82) is 0 Å². The van der Waals surface area contributed by atoms with E-state index in [0.717, 1.165) is 25.7 Å². The van der Waals surface area contributed by atoms with E-state index in [1.807, 2.05) is 0 Å². The van der Waals surface area contributed by atoms with E-state index < -0.39 is 5.54 Å². The number of hydrogen-bond acceptors (Lipinski definition) is 1. The second-order valence-corrected chi connectivity index (χ2v) is 2.85. The van der Waals surface area contributed by atoms with Crippen LogP contribution in [0.4, 0.5) is 0 Å². The monoisotopic (exact) mass is 129 g/mol. The summed E-state index contributed by atoms with van der Waals surface area (Å²) >= 11 is 0. The van der Waals surface area contributed by atoms with Gasteiger partial charge in [-0.3, -0.25) is 4.79 Å². The largest absolute Gasteiger partial charge is 0.364 e. The molecule has 0 atom stereocenters. The molecular formula is C6H13N2O+. The maximum Gasteiger partial charge on any atom is 0.278 e. The lowest BCUT2D eigenvalue weighted by molar-refractivity contribution is -0.455. The van der Waals surface area contributed by atoms with E-state index in [1.54, 1.807) is 0 Å². The van der Waals surface area contributed by atoms with Crippen LogP contribution in [0.5, 0.6) is 0 Å². The molecule has 1 rings (SSSR count). The first-order valence-corrected chi connectivity index (χ1v) is 3.30. The van der Waals surface area contributed by atoms with Gasteiger partial charge in [0.25, 0.3) is 5.91 Å². The Labute approximate surface area is 54.4 Å². The first-order valence-electron chi connectivity index (χ1n) is 3.30. The molecule has 0 saturated heterocycles. The highest BCUT2D eigenvalue weighted by atomic mass is 16.1. The lowest BCUT2D eigenvalue weighted by Gasteiger charge is -2.13. The topological polar surface area (TPSA) is 70.7 Å². The van der Waals surface area contributed by atoms with E-state index >= 15 is 0 Å². The zero-order chi connectivity index (χ0) is 6.91. The Morgan fingerprint density at radius 2 is 1.89 bits per heavy atom. The van der Waals surface area contributed by atoms with Crippen molar-refractivity contribution in [2.45, 2.75) is 31.2 Å². The molecule has 0 aromatic carbocycles. The van der Waals surface area contributed by atoms with Gasteiger partial charge in [0.2, 0.25) is 0 Å². The number of amides is 1. The van der Waals surface area contributed by atoms with E-state index in [9.17, 15) is 4.79 Å². The highest BCUT2D eigenvalue weighted by molar-refractivity contribution is 5.82. The van der Waals surface area contributed by atoms with Crippen molar-refractivity contribution in [2.75, 3.05) is 0 Å². The number of nitrogens with two attached hydrogens (primary N) is 1. The minimum absolute atomic E-state index is 0.236. The molecule has 1 amide bonds. The Balaban J connectivity index is 2.61. The number of primary amides is 1. The van der Waals surface area contributed by atoms with Crippen LogP contribution in [0, 0.1) is 0 Å². The van der Waals surface area contributed by atoms with Gasteiger partial charge in [0, 0.05) is 12.8 Å². The van der Waals surface area contributed by atoms with Crippen molar-refractivity contribution in [3.05, 3.63) is 0 Å². The summed E-state index contributed by atoms with van der Waals surface area (Å²) < 4.78 is 0. The van der Waals surface area contributed by atoms with E-state index in [2.05, 4.69) is 5.73 Å². The number of rotatable bonds is 1. The molecule has 9 heavy (non-hydrogen) atoms. The Morgan fingerprint density at radius 3 is 2.11 bits per heavy atom. The van der Waals surface area contributed by atoms with Crippen LogP contribution in [0.25, 0.3) is 0 Å². The highest BCUT2D eigenvalue weighted by Crippen LogP contribution is 2.24. The standard InChI is InChI=1S/C6H12N2O/c7-5(9)6(8)3-1-2-4-6/h1-4,8H2,(H2,7,9)/p+1. The molecule has 1 fully saturated rings. The predicted octanol–water partition coefficient (Wildman–Crippen LogP) is -0.974. The Hall–Kier alpha value is -0.570. The molecule has 0 unspecified atom stereocenters. The highest BCUT2D eigenvalue weighted by Gasteiger charge is 2.39. The molecule has 0 aliphatic heterocycles. The summed E-state index contributed by atoms with van der Waals surface area (Å²) in [6, 6.07) is 0. The predicted molar refractivity (Wildman–Crippen MR) is 33.3 cm³/mol. The maximum absolute atomic E-state index is 10.7. The number of quaternary nitrogens is 1. The summed E-state index contributed by atoms with van der Waals surface area (Å²) in [6.45, 7) is 0. The van der Waals surface area contributed by atoms with Gasteiger partial charge in [-0.2, -0.15) is 0 Å². The molecule has 0 spiro atoms. The molecular weight excluding hydrogens is 116 g/mol. The Bertz CT molecular complexity index is 127. The third-order valence-electron chi connectivity index (χ3n) is 2.08. The van der Waals surface area contributed by atoms with Gasteiger partial charge in [-0.25, -0.2) is 0 Å². The Morgan fingerprint density at radius 1 is 1.44 bits per heavy atom. The number of carbonyl (C=O) groups is 1. The Kier molecular flexibility index (Phi) is 1.45. The van der Waals surface area contributed by atoms with Crippen LogP contribution in [0.15, 0.2) is 0 Å². The van der Waals surface area contributed by atoms with Crippen LogP contribution in [-0.4, -0.2) is 11.4 Å². The molecule has 3 heteroatoms. The molecule has 3 nitrogen and oxygen atoms in total. The molecule has 0 radical (unpaired) electrons. The van der Waals surface area contributed by atoms with Crippen LogP contribution >= 0.6 is 0 Å². The van der Waals surface area contributed by atoms with E-state index in [-0.39, 0.29) is 5.91 Å². The molecule has 1 aliphatic rings. The van der Waals surface area contributed by atoms with E-state index in [0.29, 0.717) is 0 Å². The van der Waals surface area contributed by atoms with Gasteiger partial charge >= 0.3 is 0 Å². The first-order chi connectivity index (χ1) is 4.15. The van der Waals surface area contributed by atoms with Gasteiger partial charge in [0.05, 0.1) is 0 Å². The molecule has 0 aromatic rings. The van der Waals surface area contributed by atoms with Crippen LogP contribution in [-0.2, 0) is 4.79 Å². The molecule has 52 valence electrons. The molecule has 0 heterocycles. The van der Waals surface area contributed by atoms with Crippen molar-refractivity contribution in [1.82, 2.24) is 0 Å². The molecule has 1 aliphatic carbocycles. The summed E-state index contributed by atoms with van der Waals surface area (Å²) in [7, 11) is 0. The summed E-state index contributed by atoms with van der Waals surface area (Å²) in [5.41, 5.74) is 8.51. The van der Waals surface area contributed by atoms with E-state index in [4.69, 9.17) is 5.73 Å². The van der Waals surface area contributed by atoms with Crippen LogP contribution in [0.2, 0.25) is 0 Å². The summed E-state index contributed by atoms with van der Waals surface area (Å²) in [5.74, 6) is -0.236. The molecule has 0 bridgehead atoms. The fourth-order valence-electron chi connectivity index (χ4n) is 1.30. The summed E-state index contributed by atoms with van der Waals surface area (Å²) in [6.07, 6.45) is 3.96.